The van der Waals surface area contributed by atoms with Gasteiger partial charge in [-0.2, -0.15) is 0 Å². The lowest BCUT2D eigenvalue weighted by molar-refractivity contribution is -0.115. The zero-order valence-electron chi connectivity index (χ0n) is 15.9. The fraction of sp³-hybridized carbons (Fsp3) is 0.150. The Morgan fingerprint density at radius 2 is 1.59 bits per heavy atom. The number of halogens is 1. The molecule has 3 amide bonds. The molecule has 7 nitrogen and oxygen atoms in total. The molecule has 0 unspecified atom stereocenters. The normalized spacial score (nSPS) is 10.3. The van der Waals surface area contributed by atoms with E-state index < -0.39 is 6.03 Å². The lowest BCUT2D eigenvalue weighted by atomic mass is 10.2. The van der Waals surface area contributed by atoms with E-state index in [9.17, 15) is 9.59 Å². The molecule has 0 aliphatic carbocycles. The van der Waals surface area contributed by atoms with Crippen molar-refractivity contribution in [1.29, 1.82) is 0 Å². The SMILES string of the molecule is CN(C)c1ccc(NC(=O)Cc2csc(NC(=O)Nc3ccc(Cl)cc3)n2)cc1. The Kier molecular flexibility index (Phi) is 6.69. The summed E-state index contributed by atoms with van der Waals surface area (Å²) in [6.45, 7) is 0. The van der Waals surface area contributed by atoms with Crippen molar-refractivity contribution in [1.82, 2.24) is 4.98 Å². The van der Waals surface area contributed by atoms with Crippen LogP contribution in [0.4, 0.5) is 27.0 Å². The van der Waals surface area contributed by atoms with Crippen LogP contribution in [0.5, 0.6) is 0 Å². The number of thiazole rings is 1. The lowest BCUT2D eigenvalue weighted by Gasteiger charge is -2.12. The molecular weight excluding hydrogens is 410 g/mol. The van der Waals surface area contributed by atoms with Gasteiger partial charge in [0.1, 0.15) is 0 Å². The maximum atomic E-state index is 12.2. The Bertz CT molecular complexity index is 987. The van der Waals surface area contributed by atoms with Gasteiger partial charge in [0.05, 0.1) is 12.1 Å². The first-order chi connectivity index (χ1) is 13.9. The van der Waals surface area contributed by atoms with Crippen LogP contribution in [-0.4, -0.2) is 31.0 Å². The largest absolute Gasteiger partial charge is 0.378 e. The van der Waals surface area contributed by atoms with Crippen LogP contribution in [0.15, 0.2) is 53.9 Å². The Hall–Kier alpha value is -3.10. The molecule has 0 aliphatic heterocycles. The van der Waals surface area contributed by atoms with Crippen molar-refractivity contribution in [2.75, 3.05) is 34.9 Å². The van der Waals surface area contributed by atoms with Crippen LogP contribution in [0, 0.1) is 0 Å². The van der Waals surface area contributed by atoms with E-state index in [1.807, 2.05) is 43.3 Å². The quantitative estimate of drug-likeness (QED) is 0.530. The molecule has 2 aromatic carbocycles. The van der Waals surface area contributed by atoms with Crippen LogP contribution in [-0.2, 0) is 11.2 Å². The summed E-state index contributed by atoms with van der Waals surface area (Å²) in [4.78, 5) is 30.5. The second kappa shape index (κ2) is 9.40. The summed E-state index contributed by atoms with van der Waals surface area (Å²) >= 11 is 7.08. The van der Waals surface area contributed by atoms with Gasteiger partial charge in [0.2, 0.25) is 5.91 Å². The average molecular weight is 430 g/mol. The number of aromatic nitrogens is 1. The molecule has 0 atom stereocenters. The van der Waals surface area contributed by atoms with E-state index in [2.05, 4.69) is 20.9 Å². The highest BCUT2D eigenvalue weighted by Crippen LogP contribution is 2.19. The van der Waals surface area contributed by atoms with Crippen LogP contribution in [0.3, 0.4) is 0 Å². The third kappa shape index (κ3) is 6.20. The fourth-order valence-electron chi connectivity index (χ4n) is 2.45. The molecule has 3 rings (SSSR count). The first kappa shape index (κ1) is 20.6. The van der Waals surface area contributed by atoms with E-state index >= 15 is 0 Å². The summed E-state index contributed by atoms with van der Waals surface area (Å²) in [6.07, 6.45) is 0.117. The summed E-state index contributed by atoms with van der Waals surface area (Å²) in [5.41, 5.74) is 2.97. The molecule has 3 N–H and O–H groups in total. The summed E-state index contributed by atoms with van der Waals surface area (Å²) in [5.74, 6) is -0.176. The average Bonchev–Trinajstić information content (AvgIpc) is 3.10. The second-order valence-corrected chi connectivity index (χ2v) is 7.69. The predicted octanol–water partition coefficient (Wildman–Crippen LogP) is 4.69. The number of hydrogen-bond donors (Lipinski definition) is 3. The number of hydrogen-bond acceptors (Lipinski definition) is 5. The van der Waals surface area contributed by atoms with Crippen molar-refractivity contribution in [3.63, 3.8) is 0 Å². The number of amides is 3. The standard InChI is InChI=1S/C20H20ClN5O2S/c1-26(2)17-9-7-14(8-10-17)22-18(27)11-16-12-29-20(24-16)25-19(28)23-15-5-3-13(21)4-6-15/h3-10,12H,11H2,1-2H3,(H,22,27)(H2,23,24,25,28). The summed E-state index contributed by atoms with van der Waals surface area (Å²) in [7, 11) is 3.91. The van der Waals surface area contributed by atoms with Gasteiger partial charge in [-0.15, -0.1) is 11.3 Å². The third-order valence-corrected chi connectivity index (χ3v) is 4.94. The lowest BCUT2D eigenvalue weighted by Crippen LogP contribution is -2.19. The van der Waals surface area contributed by atoms with Gasteiger partial charge < -0.3 is 15.5 Å². The van der Waals surface area contributed by atoms with Crippen LogP contribution < -0.4 is 20.9 Å². The number of benzene rings is 2. The second-order valence-electron chi connectivity index (χ2n) is 6.40. The molecule has 1 aromatic heterocycles. The molecule has 1 heterocycles. The van der Waals surface area contributed by atoms with E-state index in [1.165, 1.54) is 11.3 Å². The minimum atomic E-state index is -0.418. The maximum absolute atomic E-state index is 12.2. The topological polar surface area (TPSA) is 86.4 Å². The Morgan fingerprint density at radius 3 is 2.24 bits per heavy atom. The number of nitrogens with zero attached hydrogens (tertiary/aromatic N) is 2. The van der Waals surface area contributed by atoms with Crippen molar-refractivity contribution in [2.45, 2.75) is 6.42 Å². The van der Waals surface area contributed by atoms with E-state index in [4.69, 9.17) is 11.6 Å². The summed E-state index contributed by atoms with van der Waals surface area (Å²) in [5, 5.41) is 10.9. The van der Waals surface area contributed by atoms with Crippen LogP contribution in [0.25, 0.3) is 0 Å². The van der Waals surface area contributed by atoms with E-state index in [-0.39, 0.29) is 12.3 Å². The van der Waals surface area contributed by atoms with Crippen molar-refractivity contribution in [2.24, 2.45) is 0 Å². The van der Waals surface area contributed by atoms with Gasteiger partial charge in [-0.05, 0) is 48.5 Å². The Morgan fingerprint density at radius 1 is 0.966 bits per heavy atom. The molecule has 9 heteroatoms. The van der Waals surface area contributed by atoms with Gasteiger partial charge in [0.25, 0.3) is 0 Å². The van der Waals surface area contributed by atoms with E-state index in [0.29, 0.717) is 21.5 Å². The molecule has 0 aliphatic rings. The monoisotopic (exact) mass is 429 g/mol. The number of urea groups is 1. The highest BCUT2D eigenvalue weighted by molar-refractivity contribution is 7.14. The maximum Gasteiger partial charge on any atom is 0.325 e. The van der Waals surface area contributed by atoms with Gasteiger partial charge in [-0.25, -0.2) is 9.78 Å². The zero-order valence-corrected chi connectivity index (χ0v) is 17.5. The van der Waals surface area contributed by atoms with Gasteiger partial charge in [-0.3, -0.25) is 10.1 Å². The summed E-state index contributed by atoms with van der Waals surface area (Å²) in [6, 6.07) is 13.9. The molecule has 0 saturated carbocycles. The molecule has 29 heavy (non-hydrogen) atoms. The van der Waals surface area contributed by atoms with Crippen molar-refractivity contribution >= 4 is 57.1 Å². The zero-order chi connectivity index (χ0) is 20.8. The van der Waals surface area contributed by atoms with Crippen LogP contribution in [0.1, 0.15) is 5.69 Å². The number of carbonyl (C=O) groups is 2. The number of anilines is 4. The number of nitrogens with one attached hydrogen (secondary N) is 3. The minimum Gasteiger partial charge on any atom is -0.378 e. The van der Waals surface area contributed by atoms with Gasteiger partial charge in [0.15, 0.2) is 5.13 Å². The van der Waals surface area contributed by atoms with Crippen molar-refractivity contribution < 1.29 is 9.59 Å². The first-order valence-electron chi connectivity index (χ1n) is 8.74. The van der Waals surface area contributed by atoms with Crippen molar-refractivity contribution in [3.8, 4) is 0 Å². The molecule has 0 fully saturated rings. The van der Waals surface area contributed by atoms with E-state index in [0.717, 1.165) is 11.4 Å². The molecular formula is C20H20ClN5O2S. The minimum absolute atomic E-state index is 0.117. The highest BCUT2D eigenvalue weighted by Gasteiger charge is 2.11. The molecule has 0 radical (unpaired) electrons. The number of rotatable bonds is 6. The third-order valence-electron chi connectivity index (χ3n) is 3.88. The fourth-order valence-corrected chi connectivity index (χ4v) is 3.28. The summed E-state index contributed by atoms with van der Waals surface area (Å²) < 4.78 is 0. The number of carbonyl (C=O) groups excluding carboxylic acids is 2. The van der Waals surface area contributed by atoms with Gasteiger partial charge in [-0.1, -0.05) is 11.6 Å². The predicted molar refractivity (Wildman–Crippen MR) is 119 cm³/mol. The van der Waals surface area contributed by atoms with Gasteiger partial charge >= 0.3 is 6.03 Å². The smallest absolute Gasteiger partial charge is 0.325 e. The first-order valence-corrected chi connectivity index (χ1v) is 10.00. The van der Waals surface area contributed by atoms with Crippen molar-refractivity contribution in [3.05, 3.63) is 64.6 Å². The van der Waals surface area contributed by atoms with Crippen LogP contribution in [0.2, 0.25) is 5.02 Å². The van der Waals surface area contributed by atoms with E-state index in [1.54, 1.807) is 29.6 Å². The Labute approximate surface area is 177 Å². The van der Waals surface area contributed by atoms with Crippen LogP contribution >= 0.6 is 22.9 Å². The van der Waals surface area contributed by atoms with Gasteiger partial charge in [0, 0.05) is 41.6 Å². The molecule has 0 bridgehead atoms. The highest BCUT2D eigenvalue weighted by atomic mass is 35.5. The molecule has 150 valence electrons. The molecule has 0 spiro atoms. The molecule has 0 saturated heterocycles. The Balaban J connectivity index is 1.50. The molecule has 3 aromatic rings.